The van der Waals surface area contributed by atoms with Crippen molar-refractivity contribution >= 4 is 5.91 Å². The highest BCUT2D eigenvalue weighted by Gasteiger charge is 2.21. The van der Waals surface area contributed by atoms with Crippen LogP contribution in [0.1, 0.15) is 27.3 Å². The molecule has 3 aromatic rings. The zero-order chi connectivity index (χ0) is 16.5. The van der Waals surface area contributed by atoms with E-state index in [1.54, 1.807) is 4.68 Å². The fourth-order valence-electron chi connectivity index (χ4n) is 3.09. The molecule has 120 valence electrons. The van der Waals surface area contributed by atoms with Gasteiger partial charge in [-0.05, 0) is 53.1 Å². The fourth-order valence-corrected chi connectivity index (χ4v) is 3.09. The number of fused-ring (bicyclic) bond motifs is 1. The Bertz CT molecular complexity index is 902. The molecule has 24 heavy (non-hydrogen) atoms. The van der Waals surface area contributed by atoms with Crippen molar-refractivity contribution in [1.29, 1.82) is 0 Å². The molecule has 0 fully saturated rings. The third kappa shape index (κ3) is 2.56. The molecule has 6 heteroatoms. The van der Waals surface area contributed by atoms with Crippen LogP contribution in [0.3, 0.4) is 0 Å². The third-order valence-electron chi connectivity index (χ3n) is 4.38. The van der Waals surface area contributed by atoms with E-state index >= 15 is 0 Å². The Labute approximate surface area is 139 Å². The van der Waals surface area contributed by atoms with Crippen molar-refractivity contribution in [2.45, 2.75) is 19.9 Å². The van der Waals surface area contributed by atoms with Gasteiger partial charge in [-0.3, -0.25) is 4.79 Å². The molecule has 1 aliphatic rings. The Kier molecular flexibility index (Phi) is 3.57. The summed E-state index contributed by atoms with van der Waals surface area (Å²) in [6.07, 6.45) is 0.897. The highest BCUT2D eigenvalue weighted by molar-refractivity contribution is 5.94. The van der Waals surface area contributed by atoms with Crippen LogP contribution in [0.2, 0.25) is 0 Å². The summed E-state index contributed by atoms with van der Waals surface area (Å²) >= 11 is 0. The molecule has 1 aliphatic heterocycles. The summed E-state index contributed by atoms with van der Waals surface area (Å²) in [6, 6.07) is 15.7. The van der Waals surface area contributed by atoms with Gasteiger partial charge in [-0.1, -0.05) is 30.3 Å². The molecule has 0 N–H and O–H groups in total. The van der Waals surface area contributed by atoms with Crippen LogP contribution in [0.4, 0.5) is 0 Å². The number of tetrazole rings is 1. The van der Waals surface area contributed by atoms with Gasteiger partial charge in [-0.15, -0.1) is 5.10 Å². The summed E-state index contributed by atoms with van der Waals surface area (Å²) in [7, 11) is 0. The van der Waals surface area contributed by atoms with Crippen LogP contribution in [0.25, 0.3) is 5.69 Å². The molecule has 0 unspecified atom stereocenters. The standard InChI is InChI=1S/C18H17N5O/c1-13-19-20-21-23(13)17-8-4-7-15(11-17)18(24)22-10-9-14-5-2-3-6-16(14)12-22/h2-8,11H,9-10,12H2,1H3. The average molecular weight is 319 g/mol. The Balaban J connectivity index is 1.61. The number of aromatic nitrogens is 4. The molecule has 1 amide bonds. The topological polar surface area (TPSA) is 63.9 Å². The van der Waals surface area contributed by atoms with Crippen molar-refractivity contribution in [2.75, 3.05) is 6.54 Å². The van der Waals surface area contributed by atoms with E-state index in [0.717, 1.165) is 18.7 Å². The normalized spacial score (nSPS) is 13.6. The van der Waals surface area contributed by atoms with E-state index < -0.39 is 0 Å². The van der Waals surface area contributed by atoms with Gasteiger partial charge in [0.1, 0.15) is 0 Å². The first-order valence-electron chi connectivity index (χ1n) is 7.94. The first-order valence-corrected chi connectivity index (χ1v) is 7.94. The Hall–Kier alpha value is -3.02. The lowest BCUT2D eigenvalue weighted by molar-refractivity contribution is 0.0734. The second-order valence-electron chi connectivity index (χ2n) is 5.93. The number of hydrogen-bond donors (Lipinski definition) is 0. The summed E-state index contributed by atoms with van der Waals surface area (Å²) in [6.45, 7) is 3.23. The highest BCUT2D eigenvalue weighted by Crippen LogP contribution is 2.21. The second kappa shape index (κ2) is 5.88. The minimum absolute atomic E-state index is 0.0390. The number of nitrogens with zero attached hydrogens (tertiary/aromatic N) is 5. The Morgan fingerprint density at radius 3 is 2.71 bits per heavy atom. The number of carbonyl (C=O) groups is 1. The first-order chi connectivity index (χ1) is 11.7. The van der Waals surface area contributed by atoms with E-state index in [0.29, 0.717) is 17.9 Å². The number of hydrogen-bond acceptors (Lipinski definition) is 4. The molecular weight excluding hydrogens is 302 g/mol. The summed E-state index contributed by atoms with van der Waals surface area (Å²) < 4.78 is 1.63. The van der Waals surface area contributed by atoms with E-state index in [4.69, 9.17) is 0 Å². The molecule has 0 bridgehead atoms. The second-order valence-corrected chi connectivity index (χ2v) is 5.93. The van der Waals surface area contributed by atoms with Crippen LogP contribution in [0.5, 0.6) is 0 Å². The number of aryl methyl sites for hydroxylation is 1. The van der Waals surface area contributed by atoms with Crippen molar-refractivity contribution in [1.82, 2.24) is 25.1 Å². The Morgan fingerprint density at radius 2 is 1.92 bits per heavy atom. The van der Waals surface area contributed by atoms with E-state index in [-0.39, 0.29) is 5.91 Å². The van der Waals surface area contributed by atoms with E-state index in [1.165, 1.54) is 11.1 Å². The van der Waals surface area contributed by atoms with Gasteiger partial charge in [-0.2, -0.15) is 4.68 Å². The van der Waals surface area contributed by atoms with Gasteiger partial charge in [-0.25, -0.2) is 0 Å². The zero-order valence-corrected chi connectivity index (χ0v) is 13.4. The van der Waals surface area contributed by atoms with E-state index in [1.807, 2.05) is 48.2 Å². The molecule has 2 aromatic carbocycles. The lowest BCUT2D eigenvalue weighted by Crippen LogP contribution is -2.35. The van der Waals surface area contributed by atoms with Crippen LogP contribution in [0, 0.1) is 6.92 Å². The van der Waals surface area contributed by atoms with Gasteiger partial charge in [0.15, 0.2) is 5.82 Å². The fraction of sp³-hybridized carbons (Fsp3) is 0.222. The van der Waals surface area contributed by atoms with E-state index in [9.17, 15) is 4.79 Å². The number of rotatable bonds is 2. The number of carbonyl (C=O) groups excluding carboxylic acids is 1. The predicted octanol–water partition coefficient (Wildman–Crippen LogP) is 2.17. The van der Waals surface area contributed by atoms with Crippen LogP contribution in [-0.2, 0) is 13.0 Å². The summed E-state index contributed by atoms with van der Waals surface area (Å²) in [5, 5.41) is 11.5. The van der Waals surface area contributed by atoms with Gasteiger partial charge >= 0.3 is 0 Å². The average Bonchev–Trinajstić information content (AvgIpc) is 3.07. The van der Waals surface area contributed by atoms with Gasteiger partial charge in [0.2, 0.25) is 0 Å². The van der Waals surface area contributed by atoms with Crippen LogP contribution < -0.4 is 0 Å². The van der Waals surface area contributed by atoms with Gasteiger partial charge < -0.3 is 4.90 Å². The van der Waals surface area contributed by atoms with Crippen molar-refractivity contribution in [2.24, 2.45) is 0 Å². The molecular formula is C18H17N5O. The van der Waals surface area contributed by atoms with Gasteiger partial charge in [0.25, 0.3) is 5.91 Å². The van der Waals surface area contributed by atoms with Gasteiger partial charge in [0, 0.05) is 18.7 Å². The number of amides is 1. The minimum Gasteiger partial charge on any atom is -0.334 e. The lowest BCUT2D eigenvalue weighted by Gasteiger charge is -2.29. The quantitative estimate of drug-likeness (QED) is 0.726. The summed E-state index contributed by atoms with van der Waals surface area (Å²) in [4.78, 5) is 14.8. The smallest absolute Gasteiger partial charge is 0.254 e. The van der Waals surface area contributed by atoms with Crippen molar-refractivity contribution in [3.8, 4) is 5.69 Å². The SMILES string of the molecule is Cc1nnnn1-c1cccc(C(=O)N2CCc3ccccc3C2)c1. The minimum atomic E-state index is 0.0390. The van der Waals surface area contributed by atoms with Gasteiger partial charge in [0.05, 0.1) is 5.69 Å². The molecule has 2 heterocycles. The van der Waals surface area contributed by atoms with Crippen LogP contribution in [-0.4, -0.2) is 37.6 Å². The van der Waals surface area contributed by atoms with Crippen molar-refractivity contribution in [3.05, 3.63) is 71.0 Å². The maximum atomic E-state index is 12.9. The number of benzene rings is 2. The first kappa shape index (κ1) is 14.6. The zero-order valence-electron chi connectivity index (χ0n) is 13.4. The highest BCUT2D eigenvalue weighted by atomic mass is 16.2. The molecule has 1 aromatic heterocycles. The molecule has 0 aliphatic carbocycles. The lowest BCUT2D eigenvalue weighted by atomic mass is 9.99. The predicted molar refractivity (Wildman–Crippen MR) is 88.8 cm³/mol. The third-order valence-corrected chi connectivity index (χ3v) is 4.38. The monoisotopic (exact) mass is 319 g/mol. The largest absolute Gasteiger partial charge is 0.334 e. The van der Waals surface area contributed by atoms with Crippen LogP contribution in [0.15, 0.2) is 48.5 Å². The van der Waals surface area contributed by atoms with Crippen molar-refractivity contribution < 1.29 is 4.79 Å². The van der Waals surface area contributed by atoms with E-state index in [2.05, 4.69) is 27.7 Å². The van der Waals surface area contributed by atoms with Crippen LogP contribution >= 0.6 is 0 Å². The Morgan fingerprint density at radius 1 is 1.08 bits per heavy atom. The molecule has 0 saturated carbocycles. The summed E-state index contributed by atoms with van der Waals surface area (Å²) in [5.41, 5.74) is 4.01. The molecule has 0 spiro atoms. The molecule has 4 rings (SSSR count). The van der Waals surface area contributed by atoms with Crippen molar-refractivity contribution in [3.63, 3.8) is 0 Å². The molecule has 6 nitrogen and oxygen atoms in total. The molecule has 0 saturated heterocycles. The maximum absolute atomic E-state index is 12.9. The molecule has 0 radical (unpaired) electrons. The maximum Gasteiger partial charge on any atom is 0.254 e. The summed E-state index contributed by atoms with van der Waals surface area (Å²) in [5.74, 6) is 0.726. The molecule has 0 atom stereocenters.